The molecule has 1 atom stereocenters. The number of piperidine rings is 1. The summed E-state index contributed by atoms with van der Waals surface area (Å²) in [5.74, 6) is -0.0123. The highest BCUT2D eigenvalue weighted by Gasteiger charge is 2.53. The van der Waals surface area contributed by atoms with Crippen molar-refractivity contribution >= 4 is 17.8 Å². The van der Waals surface area contributed by atoms with Gasteiger partial charge in [-0.15, -0.1) is 0 Å². The fraction of sp³-hybridized carbons (Fsp3) is 0.654. The molecule has 3 aliphatic heterocycles. The molecule has 0 spiro atoms. The normalized spacial score (nSPS) is 28.4. The van der Waals surface area contributed by atoms with Crippen LogP contribution in [-0.2, 0) is 20.7 Å². The molecule has 3 heterocycles. The summed E-state index contributed by atoms with van der Waals surface area (Å²) in [4.78, 5) is 43.6. The predicted octanol–water partition coefficient (Wildman–Crippen LogP) is 2.08. The molecular weight excluding hydrogens is 432 g/mol. The molecule has 2 N–H and O–H groups in total. The number of hydrogen-bond acceptors (Lipinski definition) is 5. The van der Waals surface area contributed by atoms with Gasteiger partial charge in [-0.3, -0.25) is 19.8 Å². The molecule has 4 fully saturated rings. The lowest BCUT2D eigenvalue weighted by Crippen LogP contribution is -2.64. The molecule has 34 heavy (non-hydrogen) atoms. The molecule has 0 bridgehead atoms. The average molecular weight is 469 g/mol. The summed E-state index contributed by atoms with van der Waals surface area (Å²) in [6, 6.07) is 9.42. The first kappa shape index (κ1) is 23.3. The summed E-state index contributed by atoms with van der Waals surface area (Å²) in [6.07, 6.45) is 7.07. The lowest BCUT2D eigenvalue weighted by molar-refractivity contribution is -0.153. The third kappa shape index (κ3) is 4.22. The van der Waals surface area contributed by atoms with E-state index in [0.29, 0.717) is 45.6 Å². The van der Waals surface area contributed by atoms with Crippen molar-refractivity contribution in [1.82, 2.24) is 20.4 Å². The molecule has 1 saturated carbocycles. The van der Waals surface area contributed by atoms with Gasteiger partial charge < -0.3 is 15.0 Å². The van der Waals surface area contributed by atoms with Crippen LogP contribution in [0.2, 0.25) is 0 Å². The summed E-state index contributed by atoms with van der Waals surface area (Å²) < 4.78 is 5.57. The molecule has 3 saturated heterocycles. The number of carbonyl (C=O) groups is 3. The third-order valence-corrected chi connectivity index (χ3v) is 8.47. The second kappa shape index (κ2) is 9.66. The summed E-state index contributed by atoms with van der Waals surface area (Å²) in [5.41, 5.74) is -0.345. The maximum atomic E-state index is 14.0. The third-order valence-electron chi connectivity index (χ3n) is 8.47. The summed E-state index contributed by atoms with van der Waals surface area (Å²) in [5, 5.41) is 5.45. The number of imide groups is 1. The molecule has 0 aromatic heterocycles. The molecule has 4 aliphatic rings. The maximum absolute atomic E-state index is 14.0. The number of benzene rings is 1. The molecule has 5 rings (SSSR count). The van der Waals surface area contributed by atoms with Gasteiger partial charge in [-0.25, -0.2) is 4.79 Å². The van der Waals surface area contributed by atoms with E-state index in [1.54, 1.807) is 0 Å². The second-order valence-electron chi connectivity index (χ2n) is 10.3. The van der Waals surface area contributed by atoms with E-state index in [1.165, 1.54) is 6.42 Å². The highest BCUT2D eigenvalue weighted by molar-refractivity contribution is 6.07. The van der Waals surface area contributed by atoms with Crippen LogP contribution in [0, 0.1) is 5.92 Å². The number of urea groups is 1. The van der Waals surface area contributed by atoms with Gasteiger partial charge in [0.2, 0.25) is 5.91 Å². The molecule has 8 heteroatoms. The lowest BCUT2D eigenvalue weighted by Gasteiger charge is -2.50. The van der Waals surface area contributed by atoms with Gasteiger partial charge in [0.25, 0.3) is 5.91 Å². The van der Waals surface area contributed by atoms with E-state index in [4.69, 9.17) is 4.74 Å². The number of morpholine rings is 1. The van der Waals surface area contributed by atoms with Crippen LogP contribution in [0.15, 0.2) is 30.3 Å². The Balaban J connectivity index is 1.32. The average Bonchev–Trinajstić information content (AvgIpc) is 3.18. The van der Waals surface area contributed by atoms with E-state index in [-0.39, 0.29) is 17.7 Å². The Morgan fingerprint density at radius 1 is 0.971 bits per heavy atom. The number of likely N-dealkylation sites (tertiary alicyclic amines) is 1. The number of carbonyl (C=O) groups excluding carboxylic acids is 3. The minimum atomic E-state index is -0.958. The second-order valence-corrected chi connectivity index (χ2v) is 10.3. The Labute approximate surface area is 201 Å². The van der Waals surface area contributed by atoms with E-state index in [9.17, 15) is 14.4 Å². The summed E-state index contributed by atoms with van der Waals surface area (Å²) >= 11 is 0. The molecule has 1 aliphatic carbocycles. The van der Waals surface area contributed by atoms with Crippen molar-refractivity contribution in [2.45, 2.75) is 62.4 Å². The van der Waals surface area contributed by atoms with Crippen LogP contribution >= 0.6 is 0 Å². The Morgan fingerprint density at radius 3 is 2.26 bits per heavy atom. The van der Waals surface area contributed by atoms with Crippen molar-refractivity contribution in [3.8, 4) is 0 Å². The first-order valence-corrected chi connectivity index (χ1v) is 12.8. The van der Waals surface area contributed by atoms with Gasteiger partial charge in [-0.05, 0) is 37.2 Å². The topological polar surface area (TPSA) is 91.0 Å². The number of hydrogen-bond donors (Lipinski definition) is 2. The zero-order valence-corrected chi connectivity index (χ0v) is 19.9. The van der Waals surface area contributed by atoms with Crippen LogP contribution in [0.25, 0.3) is 0 Å². The number of nitrogens with one attached hydrogen (secondary N) is 2. The van der Waals surface area contributed by atoms with Gasteiger partial charge in [0.15, 0.2) is 0 Å². The van der Waals surface area contributed by atoms with Crippen LogP contribution in [0.3, 0.4) is 0 Å². The Bertz CT molecular complexity index is 903. The van der Waals surface area contributed by atoms with Gasteiger partial charge in [-0.1, -0.05) is 49.6 Å². The summed E-state index contributed by atoms with van der Waals surface area (Å²) in [7, 11) is 0. The van der Waals surface area contributed by atoms with Gasteiger partial charge >= 0.3 is 6.03 Å². The molecule has 4 amide bonds. The van der Waals surface area contributed by atoms with Crippen LogP contribution in [-0.4, -0.2) is 78.1 Å². The number of ether oxygens (including phenoxy) is 1. The highest BCUT2D eigenvalue weighted by Crippen LogP contribution is 2.39. The van der Waals surface area contributed by atoms with Crippen molar-refractivity contribution in [1.29, 1.82) is 0 Å². The summed E-state index contributed by atoms with van der Waals surface area (Å²) in [6.45, 7) is 4.25. The minimum absolute atomic E-state index is 0.0195. The molecule has 1 unspecified atom stereocenters. The molecule has 184 valence electrons. The SMILES string of the molecule is O=C1NC(=O)C(Cc2ccccc2)(C2CCN(C(=O)C3(N4CCOCC4)CCCCC3)CC2)N1. The van der Waals surface area contributed by atoms with E-state index in [0.717, 1.165) is 44.3 Å². The van der Waals surface area contributed by atoms with E-state index >= 15 is 0 Å². The van der Waals surface area contributed by atoms with Crippen LogP contribution in [0.5, 0.6) is 0 Å². The van der Waals surface area contributed by atoms with Crippen LogP contribution in [0.4, 0.5) is 4.79 Å². The number of amides is 4. The standard InChI is InChI=1S/C26H36N4O4/c31-22-26(28-24(33)27-22,19-20-7-3-1-4-8-20)21-9-13-29(14-10-21)23(32)25(11-5-2-6-12-25)30-15-17-34-18-16-30/h1,3-4,7-8,21H,2,5-6,9-19H2,(H2,27,28,31,33). The fourth-order valence-corrected chi connectivity index (χ4v) is 6.64. The fourth-order valence-electron chi connectivity index (χ4n) is 6.64. The maximum Gasteiger partial charge on any atom is 0.322 e. The van der Waals surface area contributed by atoms with Crippen molar-refractivity contribution in [2.24, 2.45) is 5.92 Å². The quantitative estimate of drug-likeness (QED) is 0.646. The van der Waals surface area contributed by atoms with E-state index < -0.39 is 17.1 Å². The van der Waals surface area contributed by atoms with E-state index in [2.05, 4.69) is 15.5 Å². The lowest BCUT2D eigenvalue weighted by atomic mass is 9.73. The Morgan fingerprint density at radius 2 is 1.65 bits per heavy atom. The monoisotopic (exact) mass is 468 g/mol. The first-order chi connectivity index (χ1) is 16.5. The first-order valence-electron chi connectivity index (χ1n) is 12.8. The zero-order chi connectivity index (χ0) is 23.6. The molecule has 1 aromatic rings. The number of rotatable bonds is 5. The van der Waals surface area contributed by atoms with Gasteiger partial charge in [-0.2, -0.15) is 0 Å². The van der Waals surface area contributed by atoms with Crippen LogP contribution in [0.1, 0.15) is 50.5 Å². The Hall–Kier alpha value is -2.45. The van der Waals surface area contributed by atoms with E-state index in [1.807, 2.05) is 35.2 Å². The zero-order valence-electron chi connectivity index (χ0n) is 19.9. The van der Waals surface area contributed by atoms with Crippen molar-refractivity contribution in [2.75, 3.05) is 39.4 Å². The van der Waals surface area contributed by atoms with Crippen LogP contribution < -0.4 is 10.6 Å². The number of nitrogens with zero attached hydrogens (tertiary/aromatic N) is 2. The van der Waals surface area contributed by atoms with Gasteiger partial charge in [0, 0.05) is 32.6 Å². The molecule has 8 nitrogen and oxygen atoms in total. The van der Waals surface area contributed by atoms with Gasteiger partial charge in [0.1, 0.15) is 11.1 Å². The Kier molecular flexibility index (Phi) is 6.62. The van der Waals surface area contributed by atoms with Crippen molar-refractivity contribution < 1.29 is 19.1 Å². The molecule has 0 radical (unpaired) electrons. The molecule has 1 aromatic carbocycles. The predicted molar refractivity (Wildman–Crippen MR) is 127 cm³/mol. The van der Waals surface area contributed by atoms with Gasteiger partial charge in [0.05, 0.1) is 13.2 Å². The smallest absolute Gasteiger partial charge is 0.322 e. The highest BCUT2D eigenvalue weighted by atomic mass is 16.5. The van der Waals surface area contributed by atoms with Crippen molar-refractivity contribution in [3.63, 3.8) is 0 Å². The largest absolute Gasteiger partial charge is 0.379 e. The molecular formula is C26H36N4O4. The van der Waals surface area contributed by atoms with Crippen molar-refractivity contribution in [3.05, 3.63) is 35.9 Å². The minimum Gasteiger partial charge on any atom is -0.379 e.